The number of hydrogen-bond acceptors (Lipinski definition) is 6. The molecule has 1 N–H and O–H groups in total. The Kier molecular flexibility index (Phi) is 7.26. The molecule has 0 aliphatic rings. The molecule has 34 heavy (non-hydrogen) atoms. The number of aryl methyl sites for hydroxylation is 1. The highest BCUT2D eigenvalue weighted by Crippen LogP contribution is 2.21. The predicted octanol–water partition coefficient (Wildman–Crippen LogP) is 2.70. The first-order chi connectivity index (χ1) is 16.4. The number of fused-ring (bicyclic) bond motifs is 1. The molecule has 2 aromatic carbocycles. The van der Waals surface area contributed by atoms with Gasteiger partial charge in [0.15, 0.2) is 11.2 Å². The topological polar surface area (TPSA) is 101 Å². The molecule has 178 valence electrons. The van der Waals surface area contributed by atoms with Crippen molar-refractivity contribution in [2.24, 2.45) is 7.05 Å². The quantitative estimate of drug-likeness (QED) is 0.351. The highest BCUT2D eigenvalue weighted by molar-refractivity contribution is 6.30. The zero-order valence-corrected chi connectivity index (χ0v) is 19.8. The van der Waals surface area contributed by atoms with Crippen LogP contribution < -0.4 is 20.7 Å². The Morgan fingerprint density at radius 3 is 2.41 bits per heavy atom. The van der Waals surface area contributed by atoms with Crippen molar-refractivity contribution < 1.29 is 14.6 Å². The minimum absolute atomic E-state index is 0.128. The van der Waals surface area contributed by atoms with E-state index in [1.165, 1.54) is 11.6 Å². The van der Waals surface area contributed by atoms with Crippen molar-refractivity contribution in [3.05, 3.63) is 85.0 Å². The Bertz CT molecular complexity index is 1430. The van der Waals surface area contributed by atoms with Gasteiger partial charge in [-0.2, -0.15) is 4.98 Å². The molecular formula is C23H22Cl2N4O5. The lowest BCUT2D eigenvalue weighted by atomic mass is 10.2. The second-order valence-corrected chi connectivity index (χ2v) is 8.33. The maximum atomic E-state index is 13.2. The summed E-state index contributed by atoms with van der Waals surface area (Å²) in [7, 11) is 1.52. The third-order valence-electron chi connectivity index (χ3n) is 5.15. The molecule has 4 aromatic rings. The van der Waals surface area contributed by atoms with Gasteiger partial charge in [0.25, 0.3) is 11.6 Å². The molecule has 2 heterocycles. The number of halogens is 2. The first kappa shape index (κ1) is 23.9. The molecule has 0 saturated heterocycles. The van der Waals surface area contributed by atoms with Crippen LogP contribution in [0.1, 0.15) is 5.56 Å². The number of aromatic nitrogens is 4. The molecule has 0 aliphatic carbocycles. The van der Waals surface area contributed by atoms with E-state index in [9.17, 15) is 14.7 Å². The van der Waals surface area contributed by atoms with E-state index in [0.717, 1.165) is 10.1 Å². The minimum Gasteiger partial charge on any atom is -0.490 e. The third kappa shape index (κ3) is 4.96. The molecule has 0 radical (unpaired) electrons. The SMILES string of the molecule is Cn1c(=O)n(CCO)c(=O)c2c1nc(OCCOc1cccc(Cl)c1)n2Cc1ccc(Cl)cc1. The fraction of sp³-hybridized carbons (Fsp3) is 0.261. The van der Waals surface area contributed by atoms with Gasteiger partial charge in [-0.05, 0) is 35.9 Å². The van der Waals surface area contributed by atoms with Crippen LogP contribution in [-0.2, 0) is 20.1 Å². The van der Waals surface area contributed by atoms with Crippen LogP contribution in [-0.4, -0.2) is 43.6 Å². The molecule has 0 fully saturated rings. The van der Waals surface area contributed by atoms with E-state index in [0.29, 0.717) is 15.8 Å². The number of ether oxygens (including phenoxy) is 2. The van der Waals surface area contributed by atoms with Crippen molar-refractivity contribution in [2.45, 2.75) is 13.1 Å². The van der Waals surface area contributed by atoms with Crippen LogP contribution in [0.3, 0.4) is 0 Å². The molecule has 0 spiro atoms. The normalized spacial score (nSPS) is 11.2. The Labute approximate surface area is 204 Å². The van der Waals surface area contributed by atoms with Crippen molar-refractivity contribution in [1.29, 1.82) is 0 Å². The molecule has 4 rings (SSSR count). The smallest absolute Gasteiger partial charge is 0.332 e. The van der Waals surface area contributed by atoms with Crippen LogP contribution in [0.15, 0.2) is 58.1 Å². The molecular weight excluding hydrogens is 483 g/mol. The average molecular weight is 505 g/mol. The standard InChI is InChI=1S/C23H22Cl2N4O5/c1-27-20-19(21(31)28(9-10-30)23(27)32)29(14-15-5-7-16(24)8-6-15)22(26-20)34-12-11-33-18-4-2-3-17(25)13-18/h2-8,13,30H,9-12,14H2,1H3. The van der Waals surface area contributed by atoms with E-state index < -0.39 is 11.2 Å². The maximum absolute atomic E-state index is 13.2. The average Bonchev–Trinajstić information content (AvgIpc) is 3.18. The van der Waals surface area contributed by atoms with Crippen molar-refractivity contribution >= 4 is 34.4 Å². The Morgan fingerprint density at radius 1 is 0.971 bits per heavy atom. The van der Waals surface area contributed by atoms with Crippen molar-refractivity contribution in [3.8, 4) is 11.8 Å². The lowest BCUT2D eigenvalue weighted by Gasteiger charge is -2.12. The number of aliphatic hydroxyl groups is 1. The summed E-state index contributed by atoms with van der Waals surface area (Å²) in [6.07, 6.45) is 0. The number of hydrogen-bond donors (Lipinski definition) is 1. The van der Waals surface area contributed by atoms with Crippen LogP contribution in [0.2, 0.25) is 10.0 Å². The maximum Gasteiger partial charge on any atom is 0.332 e. The summed E-state index contributed by atoms with van der Waals surface area (Å²) >= 11 is 12.0. The number of benzene rings is 2. The lowest BCUT2D eigenvalue weighted by Crippen LogP contribution is -2.40. The summed E-state index contributed by atoms with van der Waals surface area (Å²) in [6, 6.07) is 14.3. The van der Waals surface area contributed by atoms with Gasteiger partial charge in [0.05, 0.1) is 19.7 Å². The summed E-state index contributed by atoms with van der Waals surface area (Å²) in [5, 5.41) is 10.5. The first-order valence-electron chi connectivity index (χ1n) is 10.5. The monoisotopic (exact) mass is 504 g/mol. The predicted molar refractivity (Wildman–Crippen MR) is 129 cm³/mol. The zero-order chi connectivity index (χ0) is 24.2. The summed E-state index contributed by atoms with van der Waals surface area (Å²) in [6.45, 7) is 0.117. The number of rotatable bonds is 9. The number of aliphatic hydroxyl groups excluding tert-OH is 1. The summed E-state index contributed by atoms with van der Waals surface area (Å²) in [5.74, 6) is 0.597. The van der Waals surface area contributed by atoms with Crippen LogP contribution in [0.4, 0.5) is 0 Å². The van der Waals surface area contributed by atoms with Crippen molar-refractivity contribution in [3.63, 3.8) is 0 Å². The molecule has 0 aliphatic heterocycles. The largest absolute Gasteiger partial charge is 0.490 e. The van der Waals surface area contributed by atoms with Crippen molar-refractivity contribution in [1.82, 2.24) is 18.7 Å². The van der Waals surface area contributed by atoms with E-state index in [-0.39, 0.29) is 50.1 Å². The van der Waals surface area contributed by atoms with Crippen molar-refractivity contribution in [2.75, 3.05) is 19.8 Å². The molecule has 0 unspecified atom stereocenters. The van der Waals surface area contributed by atoms with Gasteiger partial charge in [-0.1, -0.05) is 41.4 Å². The molecule has 0 atom stereocenters. The highest BCUT2D eigenvalue weighted by Gasteiger charge is 2.21. The van der Waals surface area contributed by atoms with E-state index in [2.05, 4.69) is 4.98 Å². The Balaban J connectivity index is 1.69. The molecule has 0 amide bonds. The minimum atomic E-state index is -0.571. The van der Waals surface area contributed by atoms with Crippen LogP contribution >= 0.6 is 23.2 Å². The van der Waals surface area contributed by atoms with Gasteiger partial charge < -0.3 is 14.6 Å². The van der Waals surface area contributed by atoms with E-state index in [4.69, 9.17) is 32.7 Å². The van der Waals surface area contributed by atoms with E-state index in [1.807, 2.05) is 12.1 Å². The second kappa shape index (κ2) is 10.3. The molecule has 9 nitrogen and oxygen atoms in total. The summed E-state index contributed by atoms with van der Waals surface area (Å²) in [5.41, 5.74) is 0.100. The molecule has 0 bridgehead atoms. The summed E-state index contributed by atoms with van der Waals surface area (Å²) < 4.78 is 15.4. The van der Waals surface area contributed by atoms with Gasteiger partial charge in [-0.3, -0.25) is 18.5 Å². The van der Waals surface area contributed by atoms with Gasteiger partial charge in [-0.15, -0.1) is 0 Å². The van der Waals surface area contributed by atoms with E-state index in [1.54, 1.807) is 41.0 Å². The van der Waals surface area contributed by atoms with E-state index >= 15 is 0 Å². The van der Waals surface area contributed by atoms with Crippen LogP contribution in [0, 0.1) is 0 Å². The Morgan fingerprint density at radius 2 is 1.71 bits per heavy atom. The molecule has 0 saturated carbocycles. The van der Waals surface area contributed by atoms with Gasteiger partial charge in [0, 0.05) is 17.1 Å². The number of nitrogens with zero attached hydrogens (tertiary/aromatic N) is 4. The fourth-order valence-corrected chi connectivity index (χ4v) is 3.83. The van der Waals surface area contributed by atoms with Gasteiger partial charge in [-0.25, -0.2) is 4.79 Å². The van der Waals surface area contributed by atoms with Gasteiger partial charge >= 0.3 is 5.69 Å². The van der Waals surface area contributed by atoms with Crippen LogP contribution in [0.25, 0.3) is 11.2 Å². The Hall–Kier alpha value is -3.27. The lowest BCUT2D eigenvalue weighted by molar-refractivity contribution is 0.202. The summed E-state index contributed by atoms with van der Waals surface area (Å²) in [4.78, 5) is 30.2. The molecule has 2 aromatic heterocycles. The van der Waals surface area contributed by atoms with Gasteiger partial charge in [0.1, 0.15) is 19.0 Å². The fourth-order valence-electron chi connectivity index (χ4n) is 3.53. The first-order valence-corrected chi connectivity index (χ1v) is 11.2. The third-order valence-corrected chi connectivity index (χ3v) is 5.64. The van der Waals surface area contributed by atoms with Gasteiger partial charge in [0.2, 0.25) is 0 Å². The number of imidazole rings is 1. The zero-order valence-electron chi connectivity index (χ0n) is 18.3. The van der Waals surface area contributed by atoms with Crippen LogP contribution in [0.5, 0.6) is 11.8 Å². The second-order valence-electron chi connectivity index (χ2n) is 7.46. The highest BCUT2D eigenvalue weighted by atomic mass is 35.5. The molecule has 11 heteroatoms.